The zero-order valence-corrected chi connectivity index (χ0v) is 12.5. The van der Waals surface area contributed by atoms with Crippen LogP contribution >= 0.6 is 0 Å². The first-order valence-electron chi connectivity index (χ1n) is 7.56. The van der Waals surface area contributed by atoms with Gasteiger partial charge in [-0.15, -0.1) is 0 Å². The van der Waals surface area contributed by atoms with Gasteiger partial charge in [0.05, 0.1) is 0 Å². The summed E-state index contributed by atoms with van der Waals surface area (Å²) < 4.78 is 0. The topological polar surface area (TPSA) is 0 Å². The fourth-order valence-corrected chi connectivity index (χ4v) is 4.31. The molecule has 0 heteroatoms. The van der Waals surface area contributed by atoms with Crippen LogP contribution in [0.5, 0.6) is 0 Å². The summed E-state index contributed by atoms with van der Waals surface area (Å²) in [6.45, 7) is 14.3. The molecule has 0 saturated heterocycles. The van der Waals surface area contributed by atoms with E-state index in [1.165, 1.54) is 12.0 Å². The van der Waals surface area contributed by atoms with E-state index in [2.05, 4.69) is 47.6 Å². The molecule has 2 aliphatic carbocycles. The molecule has 0 amide bonds. The van der Waals surface area contributed by atoms with Crippen molar-refractivity contribution in [3.63, 3.8) is 0 Å². The van der Waals surface area contributed by atoms with Crippen LogP contribution < -0.4 is 0 Å². The molecule has 0 aliphatic heterocycles. The Morgan fingerprint density at radius 1 is 1.12 bits per heavy atom. The van der Waals surface area contributed by atoms with Crippen molar-refractivity contribution in [2.45, 2.75) is 54.4 Å². The number of rotatable bonds is 4. The summed E-state index contributed by atoms with van der Waals surface area (Å²) in [6.07, 6.45) is 5.53. The van der Waals surface area contributed by atoms with Crippen LogP contribution in [-0.4, -0.2) is 0 Å². The fraction of sp³-hybridized carbons (Fsp3) is 0.882. The highest BCUT2D eigenvalue weighted by Crippen LogP contribution is 2.60. The van der Waals surface area contributed by atoms with E-state index in [1.807, 2.05) is 0 Å². The monoisotopic (exact) mass is 234 g/mol. The minimum Gasteiger partial charge on any atom is -0.0828 e. The van der Waals surface area contributed by atoms with Crippen LogP contribution in [0.4, 0.5) is 0 Å². The van der Waals surface area contributed by atoms with Crippen LogP contribution in [0, 0.1) is 41.4 Å². The van der Waals surface area contributed by atoms with E-state index >= 15 is 0 Å². The number of hydrogen-bond acceptors (Lipinski definition) is 0. The van der Waals surface area contributed by atoms with Crippen molar-refractivity contribution in [2.24, 2.45) is 41.4 Å². The molecule has 0 bridgehead atoms. The van der Waals surface area contributed by atoms with Gasteiger partial charge in [-0.25, -0.2) is 0 Å². The van der Waals surface area contributed by atoms with Crippen molar-refractivity contribution in [1.82, 2.24) is 0 Å². The van der Waals surface area contributed by atoms with Crippen LogP contribution in [0.15, 0.2) is 11.6 Å². The Bertz CT molecular complexity index is 297. The first-order chi connectivity index (χ1) is 7.91. The average molecular weight is 234 g/mol. The molecule has 2 aliphatic rings. The second-order valence-corrected chi connectivity index (χ2v) is 7.24. The molecule has 7 unspecified atom stereocenters. The third kappa shape index (κ3) is 2.61. The van der Waals surface area contributed by atoms with Crippen molar-refractivity contribution in [2.75, 3.05) is 0 Å². The van der Waals surface area contributed by atoms with E-state index in [1.54, 1.807) is 6.42 Å². The molecule has 0 aromatic rings. The molecular weight excluding hydrogens is 204 g/mol. The SMILES string of the molecule is CC(C)=CC(C)C(C)C(C)C1CC2CC2C1C. The Balaban J connectivity index is 1.95. The van der Waals surface area contributed by atoms with Gasteiger partial charge < -0.3 is 0 Å². The van der Waals surface area contributed by atoms with Crippen molar-refractivity contribution < 1.29 is 0 Å². The molecule has 0 N–H and O–H groups in total. The largest absolute Gasteiger partial charge is 0.0828 e. The van der Waals surface area contributed by atoms with Crippen LogP contribution in [0.1, 0.15) is 54.4 Å². The number of hydrogen-bond donors (Lipinski definition) is 0. The van der Waals surface area contributed by atoms with Gasteiger partial charge in [-0.2, -0.15) is 0 Å². The Morgan fingerprint density at radius 3 is 2.24 bits per heavy atom. The molecule has 2 saturated carbocycles. The number of allylic oxidation sites excluding steroid dienone is 2. The molecule has 98 valence electrons. The van der Waals surface area contributed by atoms with E-state index < -0.39 is 0 Å². The molecule has 0 nitrogen and oxygen atoms in total. The van der Waals surface area contributed by atoms with Crippen molar-refractivity contribution in [1.29, 1.82) is 0 Å². The maximum Gasteiger partial charge on any atom is -0.0231 e. The lowest BCUT2D eigenvalue weighted by atomic mass is 9.72. The highest BCUT2D eigenvalue weighted by Gasteiger charge is 2.52. The second-order valence-electron chi connectivity index (χ2n) is 7.24. The zero-order valence-electron chi connectivity index (χ0n) is 12.5. The molecule has 0 spiro atoms. The van der Waals surface area contributed by atoms with Gasteiger partial charge in [0.2, 0.25) is 0 Å². The fourth-order valence-electron chi connectivity index (χ4n) is 4.31. The molecular formula is C17H30. The Hall–Kier alpha value is -0.260. The first-order valence-corrected chi connectivity index (χ1v) is 7.56. The average Bonchev–Trinajstić information content (AvgIpc) is 2.95. The van der Waals surface area contributed by atoms with Crippen molar-refractivity contribution in [3.05, 3.63) is 11.6 Å². The third-order valence-electron chi connectivity index (χ3n) is 5.83. The third-order valence-corrected chi connectivity index (χ3v) is 5.83. The van der Waals surface area contributed by atoms with Crippen LogP contribution in [-0.2, 0) is 0 Å². The highest BCUT2D eigenvalue weighted by atomic mass is 14.6. The predicted octanol–water partition coefficient (Wildman–Crippen LogP) is 5.15. The lowest BCUT2D eigenvalue weighted by Crippen LogP contribution is -2.26. The lowest BCUT2D eigenvalue weighted by molar-refractivity contribution is 0.174. The van der Waals surface area contributed by atoms with E-state index in [-0.39, 0.29) is 0 Å². The van der Waals surface area contributed by atoms with E-state index in [0.29, 0.717) is 0 Å². The summed E-state index contributed by atoms with van der Waals surface area (Å²) in [6, 6.07) is 0. The maximum atomic E-state index is 2.51. The van der Waals surface area contributed by atoms with E-state index in [9.17, 15) is 0 Å². The highest BCUT2D eigenvalue weighted by molar-refractivity contribution is 5.03. The van der Waals surface area contributed by atoms with Gasteiger partial charge >= 0.3 is 0 Å². The summed E-state index contributed by atoms with van der Waals surface area (Å²) in [7, 11) is 0. The Labute approximate surface area is 108 Å². The normalized spacial score (nSPS) is 40.4. The minimum atomic E-state index is 0.735. The molecule has 2 rings (SSSR count). The maximum absolute atomic E-state index is 2.51. The predicted molar refractivity (Wildman–Crippen MR) is 75.8 cm³/mol. The van der Waals surface area contributed by atoms with Gasteiger partial charge in [0.1, 0.15) is 0 Å². The Kier molecular flexibility index (Phi) is 3.71. The summed E-state index contributed by atoms with van der Waals surface area (Å²) in [5.41, 5.74) is 1.47. The smallest absolute Gasteiger partial charge is 0.0231 e. The standard InChI is InChI=1S/C17H30/c1-10(2)7-11(3)12(4)13(5)16-8-15-9-17(15)14(16)6/h7,11-17H,8-9H2,1-6H3. The molecule has 0 aromatic carbocycles. The van der Waals surface area contributed by atoms with Gasteiger partial charge in [0.25, 0.3) is 0 Å². The summed E-state index contributed by atoms with van der Waals surface area (Å²) >= 11 is 0. The van der Waals surface area contributed by atoms with Crippen LogP contribution in [0.2, 0.25) is 0 Å². The zero-order chi connectivity index (χ0) is 12.7. The van der Waals surface area contributed by atoms with Crippen molar-refractivity contribution >= 4 is 0 Å². The molecule has 0 heterocycles. The molecule has 0 radical (unpaired) electrons. The van der Waals surface area contributed by atoms with Gasteiger partial charge in [0.15, 0.2) is 0 Å². The quantitative estimate of drug-likeness (QED) is 0.590. The van der Waals surface area contributed by atoms with Crippen molar-refractivity contribution in [3.8, 4) is 0 Å². The minimum absolute atomic E-state index is 0.735. The first kappa shape index (κ1) is 13.2. The summed E-state index contributed by atoms with van der Waals surface area (Å²) in [5, 5.41) is 0. The van der Waals surface area contributed by atoms with E-state index in [4.69, 9.17) is 0 Å². The molecule has 17 heavy (non-hydrogen) atoms. The van der Waals surface area contributed by atoms with Gasteiger partial charge in [0, 0.05) is 0 Å². The molecule has 2 fully saturated rings. The van der Waals surface area contributed by atoms with Crippen LogP contribution in [0.25, 0.3) is 0 Å². The summed E-state index contributed by atoms with van der Waals surface area (Å²) in [5.74, 6) is 6.67. The lowest BCUT2D eigenvalue weighted by Gasteiger charge is -2.33. The molecule has 7 atom stereocenters. The second kappa shape index (κ2) is 4.78. The Morgan fingerprint density at radius 2 is 1.76 bits per heavy atom. The van der Waals surface area contributed by atoms with Crippen LogP contribution in [0.3, 0.4) is 0 Å². The molecule has 0 aromatic heterocycles. The van der Waals surface area contributed by atoms with Gasteiger partial charge in [-0.05, 0) is 68.1 Å². The summed E-state index contributed by atoms with van der Waals surface area (Å²) in [4.78, 5) is 0. The number of fused-ring (bicyclic) bond motifs is 1. The van der Waals surface area contributed by atoms with E-state index in [0.717, 1.165) is 41.4 Å². The van der Waals surface area contributed by atoms with Gasteiger partial charge in [-0.1, -0.05) is 39.3 Å². The van der Waals surface area contributed by atoms with Gasteiger partial charge in [-0.3, -0.25) is 0 Å².